The zero-order chi connectivity index (χ0) is 11.5. The molecule has 82 valence electrons. The molecule has 1 aromatic rings. The normalized spacial score (nSPS) is 14.7. The molecule has 0 aromatic heterocycles. The molecular weight excluding hydrogens is 188 g/mol. The van der Waals surface area contributed by atoms with Crippen LogP contribution < -0.4 is 0 Å². The third-order valence-corrected chi connectivity index (χ3v) is 2.89. The molecule has 1 unspecified atom stereocenters. The minimum atomic E-state index is -0.701. The molecule has 0 amide bonds. The SMILES string of the molecule is CCC(C)(OC)C(=O)c1cccc(C)c1. The van der Waals surface area contributed by atoms with Crippen molar-refractivity contribution in [2.45, 2.75) is 32.8 Å². The summed E-state index contributed by atoms with van der Waals surface area (Å²) in [7, 11) is 1.58. The van der Waals surface area contributed by atoms with Gasteiger partial charge in [-0.3, -0.25) is 4.79 Å². The minimum absolute atomic E-state index is 0.0520. The summed E-state index contributed by atoms with van der Waals surface area (Å²) < 4.78 is 5.29. The Labute approximate surface area is 91.3 Å². The van der Waals surface area contributed by atoms with Gasteiger partial charge < -0.3 is 4.74 Å². The van der Waals surface area contributed by atoms with Gasteiger partial charge in [0.25, 0.3) is 0 Å². The number of Topliss-reactive ketones (excluding diaryl/α,β-unsaturated/α-hetero) is 1. The Morgan fingerprint density at radius 2 is 2.13 bits per heavy atom. The fourth-order valence-corrected chi connectivity index (χ4v) is 1.49. The lowest BCUT2D eigenvalue weighted by molar-refractivity contribution is 0.0106. The highest BCUT2D eigenvalue weighted by atomic mass is 16.5. The predicted molar refractivity (Wildman–Crippen MR) is 61.2 cm³/mol. The van der Waals surface area contributed by atoms with Crippen molar-refractivity contribution in [3.05, 3.63) is 35.4 Å². The van der Waals surface area contributed by atoms with Crippen LogP contribution in [0.25, 0.3) is 0 Å². The molecule has 0 bridgehead atoms. The molecule has 2 nitrogen and oxygen atoms in total. The maximum Gasteiger partial charge on any atom is 0.194 e. The summed E-state index contributed by atoms with van der Waals surface area (Å²) in [6.45, 7) is 5.77. The summed E-state index contributed by atoms with van der Waals surface area (Å²) >= 11 is 0. The third-order valence-electron chi connectivity index (χ3n) is 2.89. The zero-order valence-corrected chi connectivity index (χ0v) is 9.83. The zero-order valence-electron chi connectivity index (χ0n) is 9.83. The van der Waals surface area contributed by atoms with Gasteiger partial charge in [-0.05, 0) is 26.3 Å². The van der Waals surface area contributed by atoms with E-state index < -0.39 is 5.60 Å². The van der Waals surface area contributed by atoms with E-state index in [2.05, 4.69) is 0 Å². The standard InChI is InChI=1S/C13H18O2/c1-5-13(3,15-4)12(14)11-8-6-7-10(2)9-11/h6-9H,5H2,1-4H3. The number of aryl methyl sites for hydroxylation is 1. The summed E-state index contributed by atoms with van der Waals surface area (Å²) in [5.74, 6) is 0.0520. The predicted octanol–water partition coefficient (Wildman–Crippen LogP) is 2.99. The second-order valence-corrected chi connectivity index (χ2v) is 3.99. The average Bonchev–Trinajstić information content (AvgIpc) is 2.27. The molecule has 15 heavy (non-hydrogen) atoms. The molecule has 0 spiro atoms. The van der Waals surface area contributed by atoms with E-state index in [0.29, 0.717) is 6.42 Å². The Morgan fingerprint density at radius 1 is 1.47 bits per heavy atom. The molecule has 1 rings (SSSR count). The van der Waals surface area contributed by atoms with Crippen molar-refractivity contribution in [1.29, 1.82) is 0 Å². The molecular formula is C13H18O2. The molecule has 0 saturated heterocycles. The Kier molecular flexibility index (Phi) is 3.64. The topological polar surface area (TPSA) is 26.3 Å². The molecule has 0 aliphatic carbocycles. The van der Waals surface area contributed by atoms with Gasteiger partial charge in [-0.25, -0.2) is 0 Å². The monoisotopic (exact) mass is 206 g/mol. The van der Waals surface area contributed by atoms with Crippen LogP contribution in [0.2, 0.25) is 0 Å². The van der Waals surface area contributed by atoms with Gasteiger partial charge in [-0.2, -0.15) is 0 Å². The number of hydrogen-bond acceptors (Lipinski definition) is 2. The molecule has 0 heterocycles. The maximum absolute atomic E-state index is 12.2. The lowest BCUT2D eigenvalue weighted by Gasteiger charge is -2.25. The van der Waals surface area contributed by atoms with Crippen LogP contribution >= 0.6 is 0 Å². The lowest BCUT2D eigenvalue weighted by atomic mass is 9.91. The molecule has 1 atom stereocenters. The number of benzene rings is 1. The van der Waals surface area contributed by atoms with Crippen LogP contribution in [0.5, 0.6) is 0 Å². The lowest BCUT2D eigenvalue weighted by Crippen LogP contribution is -2.36. The first-order valence-electron chi connectivity index (χ1n) is 5.20. The van der Waals surface area contributed by atoms with Crippen LogP contribution in [-0.2, 0) is 4.74 Å². The van der Waals surface area contributed by atoms with Gasteiger partial charge in [0.05, 0.1) is 0 Å². The summed E-state index contributed by atoms with van der Waals surface area (Å²) in [6, 6.07) is 7.61. The van der Waals surface area contributed by atoms with E-state index in [1.54, 1.807) is 7.11 Å². The highest BCUT2D eigenvalue weighted by Crippen LogP contribution is 2.21. The van der Waals surface area contributed by atoms with Crippen molar-refractivity contribution in [3.63, 3.8) is 0 Å². The number of ether oxygens (including phenoxy) is 1. The largest absolute Gasteiger partial charge is 0.370 e. The van der Waals surface area contributed by atoms with E-state index in [-0.39, 0.29) is 5.78 Å². The third kappa shape index (κ3) is 2.45. The second-order valence-electron chi connectivity index (χ2n) is 3.99. The van der Waals surface area contributed by atoms with E-state index in [0.717, 1.165) is 11.1 Å². The molecule has 0 N–H and O–H groups in total. The van der Waals surface area contributed by atoms with Crippen LogP contribution in [-0.4, -0.2) is 18.5 Å². The van der Waals surface area contributed by atoms with Gasteiger partial charge in [-0.15, -0.1) is 0 Å². The average molecular weight is 206 g/mol. The number of ketones is 1. The molecule has 0 saturated carbocycles. The fourth-order valence-electron chi connectivity index (χ4n) is 1.49. The van der Waals surface area contributed by atoms with Gasteiger partial charge in [-0.1, -0.05) is 30.7 Å². The van der Waals surface area contributed by atoms with Crippen molar-refractivity contribution in [1.82, 2.24) is 0 Å². The fraction of sp³-hybridized carbons (Fsp3) is 0.462. The highest BCUT2D eigenvalue weighted by Gasteiger charge is 2.31. The van der Waals surface area contributed by atoms with Crippen LogP contribution in [0.3, 0.4) is 0 Å². The number of hydrogen-bond donors (Lipinski definition) is 0. The Balaban J connectivity index is 3.03. The van der Waals surface area contributed by atoms with Crippen molar-refractivity contribution in [2.24, 2.45) is 0 Å². The number of carbonyl (C=O) groups is 1. The van der Waals surface area contributed by atoms with Gasteiger partial charge in [0, 0.05) is 12.7 Å². The molecule has 0 radical (unpaired) electrons. The van der Waals surface area contributed by atoms with E-state index in [4.69, 9.17) is 4.74 Å². The maximum atomic E-state index is 12.2. The van der Waals surface area contributed by atoms with E-state index in [1.165, 1.54) is 0 Å². The Hall–Kier alpha value is -1.15. The highest BCUT2D eigenvalue weighted by molar-refractivity contribution is 6.02. The summed E-state index contributed by atoms with van der Waals surface area (Å²) in [5.41, 5.74) is 1.12. The molecule has 0 aliphatic rings. The number of carbonyl (C=O) groups excluding carboxylic acids is 1. The molecule has 0 aliphatic heterocycles. The smallest absolute Gasteiger partial charge is 0.194 e. The van der Waals surface area contributed by atoms with E-state index in [1.807, 2.05) is 45.0 Å². The summed E-state index contributed by atoms with van der Waals surface area (Å²) in [5, 5.41) is 0. The van der Waals surface area contributed by atoms with Gasteiger partial charge in [0.2, 0.25) is 0 Å². The van der Waals surface area contributed by atoms with Crippen molar-refractivity contribution >= 4 is 5.78 Å². The van der Waals surface area contributed by atoms with Gasteiger partial charge in [0.1, 0.15) is 5.60 Å². The van der Waals surface area contributed by atoms with Crippen molar-refractivity contribution < 1.29 is 9.53 Å². The molecule has 1 aromatic carbocycles. The van der Waals surface area contributed by atoms with Crippen LogP contribution in [0.4, 0.5) is 0 Å². The van der Waals surface area contributed by atoms with Gasteiger partial charge >= 0.3 is 0 Å². The van der Waals surface area contributed by atoms with Crippen LogP contribution in [0, 0.1) is 6.92 Å². The number of rotatable bonds is 4. The van der Waals surface area contributed by atoms with Crippen LogP contribution in [0.1, 0.15) is 36.2 Å². The van der Waals surface area contributed by atoms with Crippen molar-refractivity contribution in [3.8, 4) is 0 Å². The first-order chi connectivity index (χ1) is 7.03. The first-order valence-corrected chi connectivity index (χ1v) is 5.20. The summed E-state index contributed by atoms with van der Waals surface area (Å²) in [6.07, 6.45) is 0.677. The number of methoxy groups -OCH3 is 1. The van der Waals surface area contributed by atoms with E-state index >= 15 is 0 Å². The second kappa shape index (κ2) is 4.58. The van der Waals surface area contributed by atoms with Crippen LogP contribution in [0.15, 0.2) is 24.3 Å². The minimum Gasteiger partial charge on any atom is -0.370 e. The Morgan fingerprint density at radius 3 is 2.60 bits per heavy atom. The first kappa shape index (κ1) is 11.9. The van der Waals surface area contributed by atoms with Gasteiger partial charge in [0.15, 0.2) is 5.78 Å². The quantitative estimate of drug-likeness (QED) is 0.708. The van der Waals surface area contributed by atoms with Crippen molar-refractivity contribution in [2.75, 3.05) is 7.11 Å². The Bertz CT molecular complexity index is 351. The molecule has 2 heteroatoms. The summed E-state index contributed by atoms with van der Waals surface area (Å²) in [4.78, 5) is 12.2. The van der Waals surface area contributed by atoms with E-state index in [9.17, 15) is 4.79 Å². The molecule has 0 fully saturated rings.